The van der Waals surface area contributed by atoms with E-state index in [1.165, 1.54) is 0 Å². The van der Waals surface area contributed by atoms with Crippen LogP contribution < -0.4 is 12.4 Å². The largest absolute Gasteiger partial charge is 1.00 e. The fourth-order valence-electron chi connectivity index (χ4n) is 0.966. The highest BCUT2D eigenvalue weighted by molar-refractivity contribution is 5.67. The monoisotopic (exact) mass is 211 g/mol. The molecule has 1 unspecified atom stereocenters. The highest BCUT2D eigenvalue weighted by Gasteiger charge is 2.20. The Morgan fingerprint density at radius 3 is 2.23 bits per heavy atom. The number of carboxylic acids is 1. The van der Waals surface area contributed by atoms with Gasteiger partial charge in [-0.1, -0.05) is 0 Å². The van der Waals surface area contributed by atoms with Gasteiger partial charge in [-0.05, 0) is 6.92 Å². The summed E-state index contributed by atoms with van der Waals surface area (Å²) in [6.45, 7) is 3.38. The molecule has 0 heterocycles. The normalized spacial score (nSPS) is 13.2. The molecule has 1 atom stereocenters. The van der Waals surface area contributed by atoms with Crippen LogP contribution >= 0.6 is 0 Å². The van der Waals surface area contributed by atoms with Crippen LogP contribution in [-0.2, 0) is 4.79 Å². The summed E-state index contributed by atoms with van der Waals surface area (Å²) < 4.78 is 0.647. The second-order valence-electron chi connectivity index (χ2n) is 3.69. The van der Waals surface area contributed by atoms with Crippen LogP contribution in [0.25, 0.3) is 0 Å². The molecule has 0 saturated heterocycles. The van der Waals surface area contributed by atoms with Gasteiger partial charge in [-0.15, -0.1) is 0 Å². The topological polar surface area (TPSA) is 57.5 Å². The van der Waals surface area contributed by atoms with Crippen LogP contribution in [0.15, 0.2) is 0 Å². The highest BCUT2D eigenvalue weighted by atomic mass is 35.5. The van der Waals surface area contributed by atoms with E-state index in [9.17, 15) is 9.90 Å². The van der Waals surface area contributed by atoms with E-state index in [0.29, 0.717) is 11.0 Å². The first-order valence-electron chi connectivity index (χ1n) is 4.09. The van der Waals surface area contributed by atoms with E-state index >= 15 is 0 Å². The third kappa shape index (κ3) is 8.02. The van der Waals surface area contributed by atoms with Crippen molar-refractivity contribution in [1.29, 1.82) is 0 Å². The number of carboxylic acid groups (broad SMARTS) is 1. The Labute approximate surface area is 85.2 Å². The standard InChI is InChI=1S/C8H17NO3.ClH/c1-4-9(2,3)6-7(10)5-8(11)12;/h7,10H,4-6H2,1-3H3;1H. The molecule has 0 aromatic heterocycles. The van der Waals surface area contributed by atoms with E-state index < -0.39 is 12.1 Å². The maximum atomic E-state index is 10.2. The summed E-state index contributed by atoms with van der Waals surface area (Å²) in [4.78, 5) is 10.2. The number of hydrogen-bond acceptors (Lipinski definition) is 2. The minimum atomic E-state index is -0.946. The van der Waals surface area contributed by atoms with Gasteiger partial charge in [0, 0.05) is 0 Å². The van der Waals surface area contributed by atoms with Crippen LogP contribution in [0.4, 0.5) is 0 Å². The maximum Gasteiger partial charge on any atom is 0.306 e. The Morgan fingerprint density at radius 1 is 1.46 bits per heavy atom. The van der Waals surface area contributed by atoms with Crippen LogP contribution in [0.3, 0.4) is 0 Å². The van der Waals surface area contributed by atoms with E-state index in [4.69, 9.17) is 5.11 Å². The number of rotatable bonds is 5. The summed E-state index contributed by atoms with van der Waals surface area (Å²) in [5, 5.41) is 17.7. The van der Waals surface area contributed by atoms with Crippen LogP contribution in [0.1, 0.15) is 13.3 Å². The minimum Gasteiger partial charge on any atom is -1.00 e. The minimum absolute atomic E-state index is 0. The van der Waals surface area contributed by atoms with Gasteiger partial charge >= 0.3 is 5.97 Å². The van der Waals surface area contributed by atoms with E-state index in [1.54, 1.807) is 0 Å². The molecule has 0 bridgehead atoms. The highest BCUT2D eigenvalue weighted by Crippen LogP contribution is 2.01. The van der Waals surface area contributed by atoms with Crippen molar-refractivity contribution < 1.29 is 31.9 Å². The number of aliphatic hydroxyl groups is 1. The number of likely N-dealkylation sites (N-methyl/N-ethyl adjacent to an activating group) is 1. The zero-order valence-electron chi connectivity index (χ0n) is 8.33. The molecule has 0 radical (unpaired) electrons. The van der Waals surface area contributed by atoms with E-state index in [0.717, 1.165) is 6.54 Å². The SMILES string of the molecule is CC[N+](C)(C)CC(O)CC(=O)O.[Cl-]. The van der Waals surface area contributed by atoms with Crippen molar-refractivity contribution in [2.45, 2.75) is 19.4 Å². The van der Waals surface area contributed by atoms with Gasteiger partial charge in [0.25, 0.3) is 0 Å². The summed E-state index contributed by atoms with van der Waals surface area (Å²) in [6.07, 6.45) is -0.903. The zero-order chi connectivity index (χ0) is 9.78. The van der Waals surface area contributed by atoms with Crippen molar-refractivity contribution in [1.82, 2.24) is 0 Å². The fourth-order valence-corrected chi connectivity index (χ4v) is 0.966. The van der Waals surface area contributed by atoms with Gasteiger partial charge in [-0.25, -0.2) is 0 Å². The quantitative estimate of drug-likeness (QED) is 0.475. The molecule has 13 heavy (non-hydrogen) atoms. The Hall–Kier alpha value is -0.320. The molecule has 80 valence electrons. The Balaban J connectivity index is 0. The van der Waals surface area contributed by atoms with Gasteiger partial charge < -0.3 is 27.1 Å². The number of halogens is 1. The Kier molecular flexibility index (Phi) is 7.21. The van der Waals surface area contributed by atoms with Crippen LogP contribution in [-0.4, -0.2) is 54.0 Å². The van der Waals surface area contributed by atoms with Crippen molar-refractivity contribution in [3.8, 4) is 0 Å². The predicted molar refractivity (Wildman–Crippen MR) is 45.8 cm³/mol. The lowest BCUT2D eigenvalue weighted by Gasteiger charge is -2.29. The molecule has 4 nitrogen and oxygen atoms in total. The maximum absolute atomic E-state index is 10.2. The van der Waals surface area contributed by atoms with Crippen molar-refractivity contribution >= 4 is 5.97 Å². The lowest BCUT2D eigenvalue weighted by atomic mass is 10.2. The van der Waals surface area contributed by atoms with Gasteiger partial charge in [-0.3, -0.25) is 4.79 Å². The molecule has 0 aliphatic heterocycles. The molecule has 0 spiro atoms. The third-order valence-corrected chi connectivity index (χ3v) is 1.97. The number of aliphatic carboxylic acids is 1. The summed E-state index contributed by atoms with van der Waals surface area (Å²) in [7, 11) is 3.93. The molecule has 0 saturated carbocycles. The number of aliphatic hydroxyl groups excluding tert-OH is 1. The van der Waals surface area contributed by atoms with Crippen LogP contribution in [0, 0.1) is 0 Å². The summed E-state index contributed by atoms with van der Waals surface area (Å²) in [5.74, 6) is -0.946. The third-order valence-electron chi connectivity index (χ3n) is 1.97. The number of quaternary nitrogens is 1. The number of nitrogens with zero attached hydrogens (tertiary/aromatic N) is 1. The van der Waals surface area contributed by atoms with Gasteiger partial charge in [0.1, 0.15) is 12.6 Å². The van der Waals surface area contributed by atoms with Crippen molar-refractivity contribution in [3.63, 3.8) is 0 Å². The first-order chi connectivity index (χ1) is 5.37. The molecule has 0 fully saturated rings. The summed E-state index contributed by atoms with van der Waals surface area (Å²) in [6, 6.07) is 0. The van der Waals surface area contributed by atoms with Crippen molar-refractivity contribution in [2.24, 2.45) is 0 Å². The van der Waals surface area contributed by atoms with Gasteiger partial charge in [0.15, 0.2) is 0 Å². The fraction of sp³-hybridized carbons (Fsp3) is 0.875. The molecule has 0 amide bonds. The molecule has 0 aliphatic carbocycles. The molecular formula is C8H18ClNO3. The lowest BCUT2D eigenvalue weighted by molar-refractivity contribution is -0.891. The van der Waals surface area contributed by atoms with E-state index in [1.807, 2.05) is 21.0 Å². The van der Waals surface area contributed by atoms with Crippen molar-refractivity contribution in [3.05, 3.63) is 0 Å². The van der Waals surface area contributed by atoms with Crippen molar-refractivity contribution in [2.75, 3.05) is 27.2 Å². The molecule has 2 N–H and O–H groups in total. The van der Waals surface area contributed by atoms with Gasteiger partial charge in [0.2, 0.25) is 0 Å². The average molecular weight is 212 g/mol. The van der Waals surface area contributed by atoms with Crippen LogP contribution in [0.5, 0.6) is 0 Å². The Morgan fingerprint density at radius 2 is 1.92 bits per heavy atom. The smallest absolute Gasteiger partial charge is 0.306 e. The Bertz CT molecular complexity index is 161. The number of hydrogen-bond donors (Lipinski definition) is 2. The molecule has 0 aliphatic rings. The second kappa shape index (κ2) is 6.18. The van der Waals surface area contributed by atoms with Gasteiger partial charge in [-0.2, -0.15) is 0 Å². The van der Waals surface area contributed by atoms with E-state index in [-0.39, 0.29) is 18.8 Å². The first kappa shape index (κ1) is 15.2. The molecule has 5 heteroatoms. The van der Waals surface area contributed by atoms with Crippen LogP contribution in [0.2, 0.25) is 0 Å². The molecule has 0 aromatic carbocycles. The zero-order valence-corrected chi connectivity index (χ0v) is 9.08. The molecule has 0 rings (SSSR count). The first-order valence-corrected chi connectivity index (χ1v) is 4.09. The molecular weight excluding hydrogens is 194 g/mol. The average Bonchev–Trinajstić information content (AvgIpc) is 1.84. The van der Waals surface area contributed by atoms with Gasteiger partial charge in [0.05, 0.1) is 27.1 Å². The number of carbonyl (C=O) groups is 1. The van der Waals surface area contributed by atoms with E-state index in [2.05, 4.69) is 0 Å². The molecule has 0 aromatic rings. The second-order valence-corrected chi connectivity index (χ2v) is 3.69. The predicted octanol–water partition coefficient (Wildman–Crippen LogP) is -3.08. The summed E-state index contributed by atoms with van der Waals surface area (Å²) in [5.41, 5.74) is 0. The summed E-state index contributed by atoms with van der Waals surface area (Å²) >= 11 is 0. The lowest BCUT2D eigenvalue weighted by Crippen LogP contribution is -3.00.